The summed E-state index contributed by atoms with van der Waals surface area (Å²) in [6.45, 7) is 8.04. The molecule has 2 aromatic heterocycles. The second kappa shape index (κ2) is 10.8. The van der Waals surface area contributed by atoms with E-state index in [9.17, 15) is 0 Å². The fourth-order valence-electron chi connectivity index (χ4n) is 3.17. The summed E-state index contributed by atoms with van der Waals surface area (Å²) >= 11 is 2.09. The molecule has 2 heterocycles. The van der Waals surface area contributed by atoms with Gasteiger partial charge in [0.1, 0.15) is 11.3 Å². The molecule has 0 radical (unpaired) electrons. The molecule has 0 bridgehead atoms. The Bertz CT molecular complexity index is 699. The van der Waals surface area contributed by atoms with Crippen LogP contribution in [0, 0.1) is 13.8 Å². The maximum absolute atomic E-state index is 6.15. The Labute approximate surface area is 162 Å². The molecule has 0 fully saturated rings. The van der Waals surface area contributed by atoms with Crippen LogP contribution in [0.4, 0.5) is 5.82 Å². The zero-order valence-corrected chi connectivity index (χ0v) is 17.6. The molecule has 0 amide bonds. The van der Waals surface area contributed by atoms with Crippen molar-refractivity contribution >= 4 is 28.6 Å². The summed E-state index contributed by atoms with van der Waals surface area (Å²) < 4.78 is 7.61. The minimum Gasteiger partial charge on any atom is -0.384 e. The number of aromatic nitrogens is 3. The van der Waals surface area contributed by atoms with E-state index in [-0.39, 0.29) is 0 Å². The van der Waals surface area contributed by atoms with Gasteiger partial charge in [-0.2, -0.15) is 11.8 Å². The molecule has 26 heavy (non-hydrogen) atoms. The number of aryl methyl sites for hydroxylation is 3. The maximum atomic E-state index is 6.15. The number of nitrogens with two attached hydrogens (primary N) is 1. The lowest BCUT2D eigenvalue weighted by molar-refractivity contribution is 0.199. The van der Waals surface area contributed by atoms with Crippen LogP contribution in [-0.2, 0) is 17.7 Å². The van der Waals surface area contributed by atoms with Crippen molar-refractivity contribution in [1.82, 2.24) is 14.5 Å². The summed E-state index contributed by atoms with van der Waals surface area (Å²) in [5.74, 6) is 4.17. The highest BCUT2D eigenvalue weighted by Gasteiger charge is 2.17. The summed E-state index contributed by atoms with van der Waals surface area (Å²) in [6.07, 6.45) is 7.14. The lowest BCUT2D eigenvalue weighted by Gasteiger charge is -2.12. The number of methoxy groups -OCH3 is 1. The number of nitrogen functional groups attached to an aromatic ring is 1. The van der Waals surface area contributed by atoms with Crippen LogP contribution in [0.1, 0.15) is 56.1 Å². The zero-order chi connectivity index (χ0) is 18.9. The Balaban J connectivity index is 2.06. The normalized spacial score (nSPS) is 11.5. The van der Waals surface area contributed by atoms with E-state index < -0.39 is 0 Å². The summed E-state index contributed by atoms with van der Waals surface area (Å²) in [4.78, 5) is 9.24. The van der Waals surface area contributed by atoms with Crippen LogP contribution in [0.3, 0.4) is 0 Å². The number of hydrogen-bond donors (Lipinski definition) is 1. The molecule has 6 heteroatoms. The van der Waals surface area contributed by atoms with E-state index in [2.05, 4.69) is 35.2 Å². The molecule has 0 aliphatic heterocycles. The highest BCUT2D eigenvalue weighted by atomic mass is 32.2. The second-order valence-corrected chi connectivity index (χ2v) is 8.08. The lowest BCUT2D eigenvalue weighted by atomic mass is 10.2. The number of ether oxygens (including phenoxy) is 1. The van der Waals surface area contributed by atoms with E-state index in [1.807, 2.05) is 6.92 Å². The van der Waals surface area contributed by atoms with Crippen LogP contribution in [0.25, 0.3) is 11.0 Å². The first-order chi connectivity index (χ1) is 12.6. The topological polar surface area (TPSA) is 66.0 Å². The molecule has 0 saturated heterocycles. The molecule has 2 rings (SSSR count). The first-order valence-electron chi connectivity index (χ1n) is 9.78. The van der Waals surface area contributed by atoms with E-state index in [1.54, 1.807) is 7.11 Å². The molecule has 0 aromatic carbocycles. The Morgan fingerprint density at radius 1 is 1.08 bits per heavy atom. The van der Waals surface area contributed by atoms with Crippen LogP contribution in [0.15, 0.2) is 0 Å². The summed E-state index contributed by atoms with van der Waals surface area (Å²) in [6, 6.07) is 0. The van der Waals surface area contributed by atoms with Crippen molar-refractivity contribution in [3.05, 3.63) is 17.1 Å². The predicted octanol–water partition coefficient (Wildman–Crippen LogP) is 4.52. The van der Waals surface area contributed by atoms with Crippen molar-refractivity contribution in [1.29, 1.82) is 0 Å². The monoisotopic (exact) mass is 378 g/mol. The van der Waals surface area contributed by atoms with Crippen molar-refractivity contribution in [3.8, 4) is 0 Å². The Kier molecular flexibility index (Phi) is 8.72. The molecule has 5 nitrogen and oxygen atoms in total. The van der Waals surface area contributed by atoms with Crippen LogP contribution < -0.4 is 5.73 Å². The van der Waals surface area contributed by atoms with E-state index in [4.69, 9.17) is 15.5 Å². The molecule has 0 spiro atoms. The summed E-state index contributed by atoms with van der Waals surface area (Å²) in [5.41, 5.74) is 10.3. The number of hydrogen-bond acceptors (Lipinski definition) is 5. The van der Waals surface area contributed by atoms with Crippen molar-refractivity contribution in [3.63, 3.8) is 0 Å². The average molecular weight is 379 g/mol. The fraction of sp³-hybridized carbons (Fsp3) is 0.700. The minimum atomic E-state index is 0.535. The molecule has 0 saturated carbocycles. The Morgan fingerprint density at radius 2 is 1.85 bits per heavy atom. The van der Waals surface area contributed by atoms with Crippen LogP contribution in [-0.4, -0.2) is 39.8 Å². The molecule has 2 aromatic rings. The minimum absolute atomic E-state index is 0.535. The Hall–Kier alpha value is -1.27. The van der Waals surface area contributed by atoms with Crippen LogP contribution >= 0.6 is 11.8 Å². The van der Waals surface area contributed by atoms with Crippen molar-refractivity contribution in [2.45, 2.75) is 65.8 Å². The fourth-order valence-corrected chi connectivity index (χ4v) is 4.28. The van der Waals surface area contributed by atoms with Gasteiger partial charge in [-0.25, -0.2) is 9.97 Å². The summed E-state index contributed by atoms with van der Waals surface area (Å²) in [5, 5.41) is 0. The van der Waals surface area contributed by atoms with Gasteiger partial charge in [0.25, 0.3) is 0 Å². The standard InChI is InChI=1S/C20H34N4OS/c1-5-6-13-26-14-9-7-8-11-24-17(10-12-25-4)23-18-19(24)15(2)16(3)22-20(18)21/h5-14H2,1-4H3,(H2,21,22). The SMILES string of the molecule is CCCCSCCCCCn1c(CCOC)nc2c(N)nc(C)c(C)c21. The number of thioether (sulfide) groups is 1. The van der Waals surface area contributed by atoms with Gasteiger partial charge >= 0.3 is 0 Å². The Morgan fingerprint density at radius 3 is 2.58 bits per heavy atom. The van der Waals surface area contributed by atoms with Crippen LogP contribution in [0.2, 0.25) is 0 Å². The number of nitrogens with zero attached hydrogens (tertiary/aromatic N) is 3. The zero-order valence-electron chi connectivity index (χ0n) is 16.8. The third-order valence-electron chi connectivity index (χ3n) is 4.82. The molecule has 0 aliphatic rings. The van der Waals surface area contributed by atoms with Crippen molar-refractivity contribution in [2.24, 2.45) is 0 Å². The predicted molar refractivity (Wildman–Crippen MR) is 113 cm³/mol. The molecule has 0 atom stereocenters. The number of rotatable bonds is 12. The number of fused-ring (bicyclic) bond motifs is 1. The highest BCUT2D eigenvalue weighted by molar-refractivity contribution is 7.99. The number of unbranched alkanes of at least 4 members (excludes halogenated alkanes) is 3. The first-order valence-corrected chi connectivity index (χ1v) is 10.9. The third-order valence-corrected chi connectivity index (χ3v) is 5.97. The highest BCUT2D eigenvalue weighted by Crippen LogP contribution is 2.27. The van der Waals surface area contributed by atoms with Crippen molar-refractivity contribution < 1.29 is 4.74 Å². The average Bonchev–Trinajstić information content (AvgIpc) is 2.99. The summed E-state index contributed by atoms with van der Waals surface area (Å²) in [7, 11) is 1.73. The number of anilines is 1. The van der Waals surface area contributed by atoms with E-state index in [0.717, 1.165) is 35.5 Å². The van der Waals surface area contributed by atoms with Gasteiger partial charge in [-0.3, -0.25) is 0 Å². The molecule has 146 valence electrons. The van der Waals surface area contributed by atoms with Gasteiger partial charge in [-0.05, 0) is 50.2 Å². The van der Waals surface area contributed by atoms with E-state index in [1.165, 1.54) is 49.2 Å². The van der Waals surface area contributed by atoms with Gasteiger partial charge < -0.3 is 15.0 Å². The largest absolute Gasteiger partial charge is 0.384 e. The van der Waals surface area contributed by atoms with Crippen LogP contribution in [0.5, 0.6) is 0 Å². The van der Waals surface area contributed by atoms with E-state index in [0.29, 0.717) is 12.4 Å². The molecule has 0 aliphatic carbocycles. The van der Waals surface area contributed by atoms with Gasteiger partial charge in [0.15, 0.2) is 5.82 Å². The van der Waals surface area contributed by atoms with Gasteiger partial charge in [0.05, 0.1) is 12.1 Å². The van der Waals surface area contributed by atoms with Crippen molar-refractivity contribution in [2.75, 3.05) is 31.0 Å². The van der Waals surface area contributed by atoms with Gasteiger partial charge in [0.2, 0.25) is 0 Å². The van der Waals surface area contributed by atoms with E-state index >= 15 is 0 Å². The van der Waals surface area contributed by atoms with Gasteiger partial charge in [-0.15, -0.1) is 0 Å². The number of imidazole rings is 1. The smallest absolute Gasteiger partial charge is 0.151 e. The first kappa shape index (κ1) is 21.0. The quantitative estimate of drug-likeness (QED) is 0.550. The maximum Gasteiger partial charge on any atom is 0.151 e. The molecular weight excluding hydrogens is 344 g/mol. The molecular formula is C20H34N4OS. The molecule has 0 unspecified atom stereocenters. The molecule has 2 N–H and O–H groups in total. The number of pyridine rings is 1. The lowest BCUT2D eigenvalue weighted by Crippen LogP contribution is -2.08. The second-order valence-electron chi connectivity index (χ2n) is 6.85. The third kappa shape index (κ3) is 5.36. The van der Waals surface area contributed by atoms with Gasteiger partial charge in [0, 0.05) is 25.8 Å². The van der Waals surface area contributed by atoms with Gasteiger partial charge in [-0.1, -0.05) is 19.8 Å².